The molecule has 2 N–H and O–H groups in total. The van der Waals surface area contributed by atoms with Gasteiger partial charge in [0, 0.05) is 30.4 Å². The molecule has 6 heteroatoms. The SMILES string of the molecule is CC(=O)N1C(=S)NC(=O)C1Cc1c[nH]c2ccccc12. The van der Waals surface area contributed by atoms with Gasteiger partial charge in [-0.3, -0.25) is 14.5 Å². The number of aromatic amines is 1. The normalized spacial score (nSPS) is 18.6. The predicted molar refractivity (Wildman–Crippen MR) is 79.1 cm³/mol. The van der Waals surface area contributed by atoms with Crippen molar-refractivity contribution in [1.29, 1.82) is 0 Å². The van der Waals surface area contributed by atoms with E-state index in [0.717, 1.165) is 16.5 Å². The summed E-state index contributed by atoms with van der Waals surface area (Å²) >= 11 is 5.03. The second-order valence-electron chi connectivity index (χ2n) is 4.76. The highest BCUT2D eigenvalue weighted by Gasteiger charge is 2.38. The average molecular weight is 287 g/mol. The van der Waals surface area contributed by atoms with Gasteiger partial charge < -0.3 is 10.3 Å². The molecular formula is C14H13N3O2S. The summed E-state index contributed by atoms with van der Waals surface area (Å²) in [5, 5.41) is 3.79. The molecule has 2 amide bonds. The molecule has 2 heterocycles. The highest BCUT2D eigenvalue weighted by molar-refractivity contribution is 7.80. The van der Waals surface area contributed by atoms with Crippen molar-refractivity contribution >= 4 is 40.0 Å². The van der Waals surface area contributed by atoms with Crippen LogP contribution < -0.4 is 5.32 Å². The van der Waals surface area contributed by atoms with Crippen LogP contribution in [0.15, 0.2) is 30.5 Å². The van der Waals surface area contributed by atoms with Crippen LogP contribution in [0.25, 0.3) is 10.9 Å². The van der Waals surface area contributed by atoms with Crippen molar-refractivity contribution in [3.63, 3.8) is 0 Å². The number of carbonyl (C=O) groups is 2. The summed E-state index contributed by atoms with van der Waals surface area (Å²) in [5.74, 6) is -0.450. The standard InChI is InChI=1S/C14H13N3O2S/c1-8(18)17-12(13(19)16-14(17)20)6-9-7-15-11-5-3-2-4-10(9)11/h2-5,7,12,15H,6H2,1H3,(H,16,19,20). The molecule has 1 fully saturated rings. The maximum Gasteiger partial charge on any atom is 0.249 e. The molecule has 1 aliphatic rings. The first-order chi connectivity index (χ1) is 9.58. The third-order valence-corrected chi connectivity index (χ3v) is 3.79. The molecule has 0 bridgehead atoms. The van der Waals surface area contributed by atoms with Crippen molar-refractivity contribution in [2.24, 2.45) is 0 Å². The van der Waals surface area contributed by atoms with Gasteiger partial charge in [0.25, 0.3) is 0 Å². The monoisotopic (exact) mass is 287 g/mol. The van der Waals surface area contributed by atoms with Crippen molar-refractivity contribution in [2.45, 2.75) is 19.4 Å². The van der Waals surface area contributed by atoms with E-state index >= 15 is 0 Å². The van der Waals surface area contributed by atoms with Gasteiger partial charge in [-0.15, -0.1) is 0 Å². The summed E-state index contributed by atoms with van der Waals surface area (Å²) in [4.78, 5) is 28.1. The number of hydrogen-bond donors (Lipinski definition) is 2. The van der Waals surface area contributed by atoms with E-state index in [1.165, 1.54) is 11.8 Å². The fourth-order valence-electron chi connectivity index (χ4n) is 2.56. The van der Waals surface area contributed by atoms with E-state index in [-0.39, 0.29) is 16.9 Å². The highest BCUT2D eigenvalue weighted by Crippen LogP contribution is 2.22. The number of nitrogens with zero attached hydrogens (tertiary/aromatic N) is 1. The van der Waals surface area contributed by atoms with Crippen molar-refractivity contribution < 1.29 is 9.59 Å². The van der Waals surface area contributed by atoms with Crippen molar-refractivity contribution in [3.05, 3.63) is 36.0 Å². The third kappa shape index (κ3) is 1.98. The fourth-order valence-corrected chi connectivity index (χ4v) is 2.92. The van der Waals surface area contributed by atoms with E-state index in [1.54, 1.807) is 0 Å². The lowest BCUT2D eigenvalue weighted by atomic mass is 10.0. The number of benzene rings is 1. The molecule has 1 saturated heterocycles. The minimum absolute atomic E-state index is 0.187. The summed E-state index contributed by atoms with van der Waals surface area (Å²) in [7, 11) is 0. The summed E-state index contributed by atoms with van der Waals surface area (Å²) in [6.45, 7) is 1.41. The quantitative estimate of drug-likeness (QED) is 0.819. The van der Waals surface area contributed by atoms with Crippen molar-refractivity contribution in [3.8, 4) is 0 Å². The van der Waals surface area contributed by atoms with Crippen LogP contribution in [0, 0.1) is 0 Å². The lowest BCUT2D eigenvalue weighted by Crippen LogP contribution is -2.39. The van der Waals surface area contributed by atoms with Gasteiger partial charge in [-0.1, -0.05) is 18.2 Å². The van der Waals surface area contributed by atoms with Crippen LogP contribution in [0.1, 0.15) is 12.5 Å². The molecule has 1 aromatic carbocycles. The lowest BCUT2D eigenvalue weighted by molar-refractivity contribution is -0.131. The number of H-pyrrole nitrogens is 1. The number of hydrogen-bond acceptors (Lipinski definition) is 3. The summed E-state index contributed by atoms with van der Waals surface area (Å²) in [5.41, 5.74) is 2.01. The van der Waals surface area contributed by atoms with Crippen LogP contribution in [0.5, 0.6) is 0 Å². The Morgan fingerprint density at radius 2 is 2.15 bits per heavy atom. The first kappa shape index (κ1) is 12.8. The molecule has 3 rings (SSSR count). The van der Waals surface area contributed by atoms with Gasteiger partial charge in [0.2, 0.25) is 11.8 Å². The smallest absolute Gasteiger partial charge is 0.249 e. The largest absolute Gasteiger partial charge is 0.361 e. The third-order valence-electron chi connectivity index (χ3n) is 3.49. The van der Waals surface area contributed by atoms with Crippen molar-refractivity contribution in [1.82, 2.24) is 15.2 Å². The minimum atomic E-state index is -0.570. The van der Waals surface area contributed by atoms with E-state index in [0.29, 0.717) is 6.42 Å². The predicted octanol–water partition coefficient (Wildman–Crippen LogP) is 1.34. The Labute approximate surface area is 120 Å². The number of aromatic nitrogens is 1. The first-order valence-electron chi connectivity index (χ1n) is 6.27. The maximum atomic E-state index is 12.0. The second kappa shape index (κ2) is 4.72. The zero-order valence-corrected chi connectivity index (χ0v) is 11.7. The van der Waals surface area contributed by atoms with Gasteiger partial charge in [-0.05, 0) is 23.8 Å². The Kier molecular flexibility index (Phi) is 3.02. The molecule has 0 saturated carbocycles. The second-order valence-corrected chi connectivity index (χ2v) is 5.15. The van der Waals surface area contributed by atoms with Gasteiger partial charge >= 0.3 is 0 Å². The molecular weight excluding hydrogens is 274 g/mol. The number of thiocarbonyl (C=S) groups is 1. The number of nitrogens with one attached hydrogen (secondary N) is 2. The molecule has 1 unspecified atom stereocenters. The molecule has 102 valence electrons. The van der Waals surface area contributed by atoms with Crippen LogP contribution in [-0.2, 0) is 16.0 Å². The van der Waals surface area contributed by atoms with Crippen LogP contribution in [0.2, 0.25) is 0 Å². The van der Waals surface area contributed by atoms with Gasteiger partial charge in [-0.2, -0.15) is 0 Å². The molecule has 0 radical (unpaired) electrons. The van der Waals surface area contributed by atoms with Crippen molar-refractivity contribution in [2.75, 3.05) is 0 Å². The maximum absolute atomic E-state index is 12.0. The zero-order valence-electron chi connectivity index (χ0n) is 10.8. The van der Waals surface area contributed by atoms with E-state index in [1.807, 2.05) is 30.5 Å². The lowest BCUT2D eigenvalue weighted by Gasteiger charge is -2.19. The van der Waals surface area contributed by atoms with Crippen LogP contribution in [0.4, 0.5) is 0 Å². The Morgan fingerprint density at radius 1 is 1.40 bits per heavy atom. The molecule has 1 aliphatic heterocycles. The molecule has 20 heavy (non-hydrogen) atoms. The van der Waals surface area contributed by atoms with Gasteiger partial charge in [0.1, 0.15) is 6.04 Å². The Hall–Kier alpha value is -2.21. The van der Waals surface area contributed by atoms with Gasteiger partial charge in [0.15, 0.2) is 5.11 Å². The van der Waals surface area contributed by atoms with E-state index < -0.39 is 6.04 Å². The summed E-state index contributed by atoms with van der Waals surface area (Å²) in [6, 6.07) is 7.29. The van der Waals surface area contributed by atoms with Crippen LogP contribution >= 0.6 is 12.2 Å². The van der Waals surface area contributed by atoms with Crippen LogP contribution in [0.3, 0.4) is 0 Å². The van der Waals surface area contributed by atoms with Gasteiger partial charge in [-0.25, -0.2) is 0 Å². The highest BCUT2D eigenvalue weighted by atomic mass is 32.1. The summed E-state index contributed by atoms with van der Waals surface area (Å²) < 4.78 is 0. The number of para-hydroxylation sites is 1. The van der Waals surface area contributed by atoms with E-state index in [9.17, 15) is 9.59 Å². The molecule has 2 aromatic rings. The van der Waals surface area contributed by atoms with E-state index in [4.69, 9.17) is 12.2 Å². The fraction of sp³-hybridized carbons (Fsp3) is 0.214. The molecule has 5 nitrogen and oxygen atoms in total. The number of rotatable bonds is 2. The number of carbonyl (C=O) groups excluding carboxylic acids is 2. The van der Waals surface area contributed by atoms with Gasteiger partial charge in [0.05, 0.1) is 0 Å². The Bertz CT molecular complexity index is 722. The molecule has 0 spiro atoms. The minimum Gasteiger partial charge on any atom is -0.361 e. The van der Waals surface area contributed by atoms with E-state index in [2.05, 4.69) is 10.3 Å². The zero-order chi connectivity index (χ0) is 14.3. The number of fused-ring (bicyclic) bond motifs is 1. The number of amides is 2. The molecule has 1 aromatic heterocycles. The Morgan fingerprint density at radius 3 is 2.90 bits per heavy atom. The first-order valence-corrected chi connectivity index (χ1v) is 6.68. The Balaban J connectivity index is 1.95. The van der Waals surface area contributed by atoms with Crippen LogP contribution in [-0.4, -0.2) is 32.9 Å². The average Bonchev–Trinajstić information content (AvgIpc) is 2.92. The topological polar surface area (TPSA) is 65.2 Å². The molecule has 1 atom stereocenters. The summed E-state index contributed by atoms with van der Waals surface area (Å²) in [6.07, 6.45) is 2.31. The molecule has 0 aliphatic carbocycles.